The van der Waals surface area contributed by atoms with Crippen LogP contribution in [0.4, 0.5) is 26.7 Å². The Kier molecular flexibility index (Phi) is 22.3. The van der Waals surface area contributed by atoms with Crippen LogP contribution in [-0.2, 0) is 46.5 Å². The van der Waals surface area contributed by atoms with Gasteiger partial charge in [-0.3, -0.25) is 48.2 Å². The molecule has 4 aliphatic heterocycles. The fourth-order valence-electron chi connectivity index (χ4n) is 13.4. The molecule has 27 heteroatoms. The van der Waals surface area contributed by atoms with E-state index in [4.69, 9.17) is 25.8 Å². The van der Waals surface area contributed by atoms with E-state index in [1.165, 1.54) is 51.0 Å². The normalized spacial score (nSPS) is 16.8. The molecule has 0 radical (unpaired) electrons. The van der Waals surface area contributed by atoms with Crippen LogP contribution < -0.4 is 35.6 Å². The van der Waals surface area contributed by atoms with Crippen LogP contribution in [0.15, 0.2) is 127 Å². The monoisotopic (exact) mass is 1420 g/mol. The number of anilines is 3. The number of nitrogens with zero attached hydrogens (tertiary/aromatic N) is 6. The van der Waals surface area contributed by atoms with Crippen LogP contribution in [0.5, 0.6) is 11.5 Å². The third-order valence-corrected chi connectivity index (χ3v) is 20.5. The number of unbranched alkanes of at least 4 members (excludes halogenated alkanes) is 2. The van der Waals surface area contributed by atoms with Crippen molar-refractivity contribution in [3.63, 3.8) is 0 Å². The number of nitrogens with one attached hydrogen (secondary N) is 6. The summed E-state index contributed by atoms with van der Waals surface area (Å²) in [7, 11) is 3.09. The molecule has 0 spiro atoms. The van der Waals surface area contributed by atoms with Crippen molar-refractivity contribution in [3.05, 3.63) is 160 Å². The summed E-state index contributed by atoms with van der Waals surface area (Å²) < 4.78 is 18.5. The van der Waals surface area contributed by atoms with Gasteiger partial charge in [0.1, 0.15) is 49.0 Å². The Hall–Kier alpha value is -10.6. The Morgan fingerprint density at radius 2 is 1.44 bits per heavy atom. The van der Waals surface area contributed by atoms with Gasteiger partial charge in [-0.1, -0.05) is 48.9 Å². The number of amides is 10. The molecule has 7 heterocycles. The van der Waals surface area contributed by atoms with Crippen molar-refractivity contribution >= 4 is 131 Å². The van der Waals surface area contributed by atoms with Crippen molar-refractivity contribution in [2.45, 2.75) is 95.9 Å². The highest BCUT2D eigenvalue weighted by Gasteiger charge is 2.41. The minimum Gasteiger partial charge on any atom is -0.492 e. The van der Waals surface area contributed by atoms with Crippen LogP contribution >= 0.6 is 22.9 Å². The van der Waals surface area contributed by atoms with Gasteiger partial charge in [-0.05, 0) is 147 Å². The van der Waals surface area contributed by atoms with Gasteiger partial charge >= 0.3 is 12.2 Å². The number of fused-ring (bicyclic) bond motifs is 5. The molecule has 12 rings (SSSR count). The molecule has 4 aliphatic rings. The highest BCUT2D eigenvalue weighted by Crippen LogP contribution is 2.49. The number of aromatic amines is 2. The van der Waals surface area contributed by atoms with Gasteiger partial charge in [-0.25, -0.2) is 9.59 Å². The Morgan fingerprint density at radius 3 is 2.19 bits per heavy atom. The van der Waals surface area contributed by atoms with Gasteiger partial charge in [0.05, 0.1) is 10.4 Å². The molecule has 2 saturated heterocycles. The summed E-state index contributed by atoms with van der Waals surface area (Å²) in [5.74, 6) is -2.18. The highest BCUT2D eigenvalue weighted by atomic mass is 35.5. The van der Waals surface area contributed by atoms with Crippen LogP contribution in [-0.4, -0.2) is 191 Å². The lowest BCUT2D eigenvalue weighted by Gasteiger charge is -2.22. The number of imide groups is 1. The van der Waals surface area contributed by atoms with Gasteiger partial charge in [-0.15, -0.1) is 22.9 Å². The van der Waals surface area contributed by atoms with E-state index in [9.17, 15) is 47.9 Å². The zero-order valence-corrected chi connectivity index (χ0v) is 58.7. The number of likely N-dealkylation sites (N-methyl/N-ethyl adjacent to an activating group) is 2. The third kappa shape index (κ3) is 16.7. The van der Waals surface area contributed by atoms with E-state index in [0.717, 1.165) is 68.0 Å². The molecule has 0 aliphatic carbocycles. The lowest BCUT2D eigenvalue weighted by molar-refractivity contribution is -0.137. The summed E-state index contributed by atoms with van der Waals surface area (Å²) in [5, 5.41) is 15.8. The second-order valence-electron chi connectivity index (χ2n) is 26.4. The maximum absolute atomic E-state index is 14.7. The smallest absolute Gasteiger partial charge is 0.415 e. The van der Waals surface area contributed by atoms with Gasteiger partial charge in [0.15, 0.2) is 5.75 Å². The largest absolute Gasteiger partial charge is 0.492 e. The average Bonchev–Trinajstić information content (AvgIpc) is 1.57. The lowest BCUT2D eigenvalue weighted by atomic mass is 9.97. The summed E-state index contributed by atoms with van der Waals surface area (Å²) in [6, 6.07) is 29.8. The number of hydrogen-bond donors (Lipinski definition) is 6. The van der Waals surface area contributed by atoms with E-state index in [0.29, 0.717) is 70.8 Å². The highest BCUT2D eigenvalue weighted by molar-refractivity contribution is 7.17. The fraction of sp³-hybridized carbons (Fsp3) is 0.360. The quantitative estimate of drug-likeness (QED) is 0.0151. The first-order chi connectivity index (χ1) is 49.2. The van der Waals surface area contributed by atoms with Gasteiger partial charge in [0, 0.05) is 134 Å². The first-order valence-electron chi connectivity index (χ1n) is 34.3. The first-order valence-corrected chi connectivity index (χ1v) is 35.7. The Balaban J connectivity index is 0.592. The van der Waals surface area contributed by atoms with E-state index >= 15 is 0 Å². The molecular formula is C75H81ClN12O13S. The molecule has 5 aromatic carbocycles. The van der Waals surface area contributed by atoms with Crippen molar-refractivity contribution in [1.29, 1.82) is 0 Å². The van der Waals surface area contributed by atoms with Crippen LogP contribution in [0.2, 0.25) is 0 Å². The second kappa shape index (κ2) is 32.0. The number of ether oxygens (including phenoxy) is 3. The third-order valence-electron chi connectivity index (χ3n) is 19.0. The fourth-order valence-corrected chi connectivity index (χ4v) is 14.6. The summed E-state index contributed by atoms with van der Waals surface area (Å²) in [6.07, 6.45) is 5.64. The maximum atomic E-state index is 14.7. The summed E-state index contributed by atoms with van der Waals surface area (Å²) in [5.41, 5.74) is 6.95. The zero-order chi connectivity index (χ0) is 71.7. The number of aryl methyl sites for hydroxylation is 1. The molecular weight excluding hydrogens is 1340 g/mol. The number of aromatic nitrogens is 2. The SMILES string of the molecule is Cc1csc2c(OC(=O)N(C)CCN(C)C(=O)OCc3ccc(NC(=O)CN4C(=O)[C@@H](NC(=O)[C@H](Cc5ccccc5)NC(=O)CCCCCN5C(=O)C=CC5=O)CC4C)cc3)cc3c(c12)[C@H](CCl)CN3C(=O)c1cc2cc(NC(=O)c3cc4cc(OCCN5CCCC5)ccc4[nH]3)ccc2[nH]1. The number of likely N-dealkylation sites (tertiary alicyclic amines) is 2. The minimum absolute atomic E-state index is 0.0738. The first kappa shape index (κ1) is 71.3. The van der Waals surface area contributed by atoms with E-state index in [2.05, 4.69) is 36.1 Å². The number of thiophene rings is 1. The Morgan fingerprint density at radius 1 is 0.745 bits per heavy atom. The molecule has 6 N–H and O–H groups in total. The number of rotatable bonds is 28. The minimum atomic E-state index is -0.995. The van der Waals surface area contributed by atoms with E-state index in [1.807, 2.05) is 60.8 Å². The topological polar surface area (TPSA) is 298 Å². The number of alkyl halides is 1. The molecule has 10 amide bonds. The molecule has 8 aromatic rings. The van der Waals surface area contributed by atoms with Crippen molar-refractivity contribution in [2.75, 3.05) is 94.5 Å². The van der Waals surface area contributed by atoms with Crippen molar-refractivity contribution in [1.82, 2.24) is 45.1 Å². The lowest BCUT2D eigenvalue weighted by Crippen LogP contribution is -2.52. The summed E-state index contributed by atoms with van der Waals surface area (Å²) >= 11 is 8.07. The predicted octanol–water partition coefficient (Wildman–Crippen LogP) is 9.84. The molecule has 4 atom stereocenters. The van der Waals surface area contributed by atoms with E-state index in [-0.39, 0.29) is 106 Å². The molecule has 102 heavy (non-hydrogen) atoms. The van der Waals surface area contributed by atoms with Gasteiger partial charge in [0.25, 0.3) is 23.6 Å². The number of carbonyl (C=O) groups is 10. The molecule has 0 bridgehead atoms. The van der Waals surface area contributed by atoms with Gasteiger partial charge < -0.3 is 65.0 Å². The molecule has 25 nitrogen and oxygen atoms in total. The van der Waals surface area contributed by atoms with Crippen molar-refractivity contribution in [3.8, 4) is 11.5 Å². The zero-order valence-electron chi connectivity index (χ0n) is 57.1. The molecule has 2 fully saturated rings. The molecule has 532 valence electrons. The number of halogens is 1. The average molecular weight is 1430 g/mol. The summed E-state index contributed by atoms with van der Waals surface area (Å²) in [6.45, 7) is 7.72. The number of hydrogen-bond acceptors (Lipinski definition) is 15. The van der Waals surface area contributed by atoms with Crippen LogP contribution in [0.3, 0.4) is 0 Å². The van der Waals surface area contributed by atoms with Crippen molar-refractivity contribution < 1.29 is 62.2 Å². The van der Waals surface area contributed by atoms with Gasteiger partial charge in [0.2, 0.25) is 23.6 Å². The Bertz CT molecular complexity index is 4530. The van der Waals surface area contributed by atoms with Crippen molar-refractivity contribution in [2.24, 2.45) is 0 Å². The summed E-state index contributed by atoms with van der Waals surface area (Å²) in [4.78, 5) is 149. The van der Waals surface area contributed by atoms with Crippen LogP contribution in [0.25, 0.3) is 31.9 Å². The maximum Gasteiger partial charge on any atom is 0.415 e. The number of carbonyl (C=O) groups excluding carboxylic acids is 10. The number of H-pyrrole nitrogens is 2. The Labute approximate surface area is 597 Å². The molecule has 1 unspecified atom stereocenters. The van der Waals surface area contributed by atoms with Crippen LogP contribution in [0.1, 0.15) is 101 Å². The standard InChI is InChI=1S/C75H81ClN12O13S/c1-45-44-102-69-62(39-61-68(67(45)69)51(40-76)41-88(61)73(96)60-38-49-35-53(20-22-55(49)80-60)78-70(93)58-37-50-36-54(21-23-56(50)79-58)99-32-31-85-26-11-12-27-85)101-75(98)84(4)30-29-83(3)74(97)100-43-48-16-18-52(19-17-48)77-64(90)42-87-46(2)33-59(72(87)95)82-71(94)57(34-47-13-7-5-8-14-47)81-63(89)15-9-6-10-28-86-65(91)24-25-66(86)92/h5,7-8,13-14,16-25,35-39,44,46,51,57,59,79-80H,6,9-12,15,26-34,40-43H2,1-4H3,(H,77,90)(H,78,93)(H,81,89)(H,82,94)/t46?,51-,57+,59+/m1/s1. The van der Waals surface area contributed by atoms with E-state index in [1.54, 1.807) is 86.6 Å². The van der Waals surface area contributed by atoms with Gasteiger partial charge in [-0.2, -0.15) is 0 Å². The number of benzene rings is 5. The second-order valence-corrected chi connectivity index (χ2v) is 27.6. The predicted molar refractivity (Wildman–Crippen MR) is 388 cm³/mol. The van der Waals surface area contributed by atoms with Crippen LogP contribution in [0, 0.1) is 6.92 Å². The molecule has 3 aromatic heterocycles. The van der Waals surface area contributed by atoms with E-state index < -0.39 is 48.0 Å². The molecule has 0 saturated carbocycles.